The minimum Gasteiger partial charge on any atom is -0.356 e. The Bertz CT molecular complexity index is 638. The van der Waals surface area contributed by atoms with Crippen molar-refractivity contribution >= 4 is 23.2 Å². The Balaban J connectivity index is 1.98. The Morgan fingerprint density at radius 2 is 1.82 bits per heavy atom. The van der Waals surface area contributed by atoms with E-state index < -0.39 is 0 Å². The summed E-state index contributed by atoms with van der Waals surface area (Å²) in [5.41, 5.74) is 0.911. The van der Waals surface area contributed by atoms with Crippen LogP contribution in [-0.2, 0) is 4.79 Å². The van der Waals surface area contributed by atoms with Gasteiger partial charge >= 0.3 is 0 Å². The van der Waals surface area contributed by atoms with Gasteiger partial charge in [0.05, 0.1) is 0 Å². The van der Waals surface area contributed by atoms with Gasteiger partial charge in [-0.1, -0.05) is 59.3 Å². The van der Waals surface area contributed by atoms with Crippen LogP contribution in [0.1, 0.15) is 78.6 Å². The van der Waals surface area contributed by atoms with Gasteiger partial charge in [-0.05, 0) is 25.2 Å². The molecule has 1 N–H and O–H groups in total. The molecule has 2 aliphatic heterocycles. The van der Waals surface area contributed by atoms with Gasteiger partial charge in [-0.15, -0.1) is 0 Å². The molecule has 28 heavy (non-hydrogen) atoms. The molecule has 6 nitrogen and oxygen atoms in total. The number of nitrogens with zero attached hydrogens (tertiary/aromatic N) is 4. The first-order chi connectivity index (χ1) is 13.7. The molecule has 1 saturated heterocycles. The van der Waals surface area contributed by atoms with Crippen LogP contribution in [0, 0.1) is 5.92 Å². The second-order valence-corrected chi connectivity index (χ2v) is 8.27. The van der Waals surface area contributed by atoms with Crippen LogP contribution in [0.3, 0.4) is 0 Å². The number of hydrogen-bond donors (Lipinski definition) is 1. The van der Waals surface area contributed by atoms with E-state index in [0.29, 0.717) is 5.92 Å². The van der Waals surface area contributed by atoms with Gasteiger partial charge in [0.15, 0.2) is 11.6 Å². The topological polar surface area (TPSA) is 61.4 Å². The van der Waals surface area contributed by atoms with Crippen molar-refractivity contribution in [3.05, 3.63) is 6.33 Å². The van der Waals surface area contributed by atoms with Gasteiger partial charge < -0.3 is 15.1 Å². The average molecular weight is 388 g/mol. The molecule has 0 radical (unpaired) electrons. The van der Waals surface area contributed by atoms with E-state index in [1.165, 1.54) is 25.7 Å². The van der Waals surface area contributed by atoms with E-state index in [9.17, 15) is 4.79 Å². The van der Waals surface area contributed by atoms with Crippen molar-refractivity contribution in [2.75, 3.05) is 34.8 Å². The zero-order valence-corrected chi connectivity index (χ0v) is 17.9. The molecule has 0 spiro atoms. The highest BCUT2D eigenvalue weighted by molar-refractivity contribution is 6.07. The van der Waals surface area contributed by atoms with Crippen molar-refractivity contribution in [3.63, 3.8) is 0 Å². The van der Waals surface area contributed by atoms with E-state index in [-0.39, 0.29) is 11.9 Å². The van der Waals surface area contributed by atoms with Gasteiger partial charge in [0.1, 0.15) is 18.1 Å². The summed E-state index contributed by atoms with van der Waals surface area (Å²) >= 11 is 0. The summed E-state index contributed by atoms with van der Waals surface area (Å²) in [6, 6.07) is -0.173. The lowest BCUT2D eigenvalue weighted by atomic mass is 9.99. The first-order valence-corrected chi connectivity index (χ1v) is 11.4. The lowest BCUT2D eigenvalue weighted by Crippen LogP contribution is -2.50. The van der Waals surface area contributed by atoms with Crippen molar-refractivity contribution in [2.45, 2.75) is 84.6 Å². The van der Waals surface area contributed by atoms with E-state index in [1.807, 2.05) is 4.90 Å². The van der Waals surface area contributed by atoms with Crippen molar-refractivity contribution in [3.8, 4) is 0 Å². The summed E-state index contributed by atoms with van der Waals surface area (Å²) in [5.74, 6) is 2.46. The molecule has 0 aliphatic carbocycles. The standard InChI is InChI=1S/C22H37N5O/c1-4-7-12-18-22(28)27(15-17(5-2)6-3)19-20(25-18)23-16-24-21(19)26-13-10-8-9-11-14-26/h16-18H,4-15H2,1-3H3,(H,23,24,25)/t18-/m0/s1. The normalized spacial score (nSPS) is 20.1. The third-order valence-electron chi connectivity index (χ3n) is 6.30. The lowest BCUT2D eigenvalue weighted by Gasteiger charge is -2.38. The lowest BCUT2D eigenvalue weighted by molar-refractivity contribution is -0.119. The molecule has 0 bridgehead atoms. The largest absolute Gasteiger partial charge is 0.356 e. The Morgan fingerprint density at radius 3 is 2.46 bits per heavy atom. The van der Waals surface area contributed by atoms with Gasteiger partial charge in [0, 0.05) is 19.6 Å². The predicted molar refractivity (Wildman–Crippen MR) is 116 cm³/mol. The van der Waals surface area contributed by atoms with E-state index >= 15 is 0 Å². The van der Waals surface area contributed by atoms with Crippen molar-refractivity contribution in [1.29, 1.82) is 0 Å². The second-order valence-electron chi connectivity index (χ2n) is 8.27. The van der Waals surface area contributed by atoms with Crippen LogP contribution < -0.4 is 15.1 Å². The maximum Gasteiger partial charge on any atom is 0.249 e. The monoisotopic (exact) mass is 387 g/mol. The highest BCUT2D eigenvalue weighted by atomic mass is 16.2. The third-order valence-corrected chi connectivity index (χ3v) is 6.30. The fourth-order valence-electron chi connectivity index (χ4n) is 4.35. The molecule has 6 heteroatoms. The summed E-state index contributed by atoms with van der Waals surface area (Å²) in [4.78, 5) is 27.1. The molecule has 1 aromatic rings. The maximum absolute atomic E-state index is 13.5. The van der Waals surface area contributed by atoms with Crippen LogP contribution in [-0.4, -0.2) is 41.6 Å². The molecule has 0 unspecified atom stereocenters. The molecular formula is C22H37N5O. The van der Waals surface area contributed by atoms with Gasteiger partial charge in [-0.2, -0.15) is 0 Å². The predicted octanol–water partition coefficient (Wildman–Crippen LogP) is 4.61. The molecule has 1 aromatic heterocycles. The zero-order chi connectivity index (χ0) is 19.9. The third kappa shape index (κ3) is 4.58. The molecule has 3 heterocycles. The molecular weight excluding hydrogens is 350 g/mol. The molecule has 1 amide bonds. The number of carbonyl (C=O) groups is 1. The summed E-state index contributed by atoms with van der Waals surface area (Å²) in [5, 5.41) is 3.45. The minimum atomic E-state index is -0.173. The van der Waals surface area contributed by atoms with Crippen LogP contribution in [0.2, 0.25) is 0 Å². The fraction of sp³-hybridized carbons (Fsp3) is 0.773. The first-order valence-electron chi connectivity index (χ1n) is 11.4. The molecule has 1 fully saturated rings. The van der Waals surface area contributed by atoms with E-state index in [0.717, 1.165) is 69.1 Å². The van der Waals surface area contributed by atoms with E-state index in [1.54, 1.807) is 6.33 Å². The summed E-state index contributed by atoms with van der Waals surface area (Å²) in [6.45, 7) is 9.38. The van der Waals surface area contributed by atoms with Crippen LogP contribution >= 0.6 is 0 Å². The first kappa shape index (κ1) is 20.9. The number of hydrogen-bond acceptors (Lipinski definition) is 5. The highest BCUT2D eigenvalue weighted by Gasteiger charge is 2.37. The summed E-state index contributed by atoms with van der Waals surface area (Å²) < 4.78 is 0. The van der Waals surface area contributed by atoms with E-state index in [4.69, 9.17) is 0 Å². The van der Waals surface area contributed by atoms with Crippen molar-refractivity contribution in [2.24, 2.45) is 5.92 Å². The van der Waals surface area contributed by atoms with Gasteiger partial charge in [0.25, 0.3) is 0 Å². The second kappa shape index (κ2) is 10.1. The number of anilines is 3. The van der Waals surface area contributed by atoms with E-state index in [2.05, 4.69) is 41.0 Å². The number of rotatable bonds is 8. The molecule has 1 atom stereocenters. The Morgan fingerprint density at radius 1 is 1.11 bits per heavy atom. The maximum atomic E-state index is 13.5. The molecule has 0 saturated carbocycles. The Hall–Kier alpha value is -1.85. The molecule has 2 aliphatic rings. The van der Waals surface area contributed by atoms with Crippen molar-refractivity contribution < 1.29 is 4.79 Å². The van der Waals surface area contributed by atoms with Crippen LogP contribution in [0.15, 0.2) is 6.33 Å². The van der Waals surface area contributed by atoms with Gasteiger partial charge in [-0.3, -0.25) is 4.79 Å². The number of amides is 1. The SMILES string of the molecule is CCCC[C@@H]1Nc2ncnc(N3CCCCCC3)c2N(CC(CC)CC)C1=O. The minimum absolute atomic E-state index is 0.173. The molecule has 3 rings (SSSR count). The molecule has 0 aromatic carbocycles. The Labute approximate surface area is 170 Å². The number of nitrogens with one attached hydrogen (secondary N) is 1. The smallest absolute Gasteiger partial charge is 0.249 e. The number of carbonyl (C=O) groups excluding carboxylic acids is 1. The zero-order valence-electron chi connectivity index (χ0n) is 17.9. The number of unbranched alkanes of at least 4 members (excludes halogenated alkanes) is 1. The quantitative estimate of drug-likeness (QED) is 0.706. The highest BCUT2D eigenvalue weighted by Crippen LogP contribution is 2.39. The van der Waals surface area contributed by atoms with Gasteiger partial charge in [0.2, 0.25) is 5.91 Å². The summed E-state index contributed by atoms with van der Waals surface area (Å²) in [6.07, 6.45) is 11.7. The average Bonchev–Trinajstić information content (AvgIpc) is 3.01. The van der Waals surface area contributed by atoms with Crippen molar-refractivity contribution in [1.82, 2.24) is 9.97 Å². The van der Waals surface area contributed by atoms with Crippen LogP contribution in [0.5, 0.6) is 0 Å². The fourth-order valence-corrected chi connectivity index (χ4v) is 4.35. The summed E-state index contributed by atoms with van der Waals surface area (Å²) in [7, 11) is 0. The van der Waals surface area contributed by atoms with Crippen LogP contribution in [0.25, 0.3) is 0 Å². The number of fused-ring (bicyclic) bond motifs is 1. The van der Waals surface area contributed by atoms with Crippen LogP contribution in [0.4, 0.5) is 17.3 Å². The van der Waals surface area contributed by atoms with Gasteiger partial charge in [-0.25, -0.2) is 9.97 Å². The Kier molecular flexibility index (Phi) is 7.51. The number of aromatic nitrogens is 2. The molecule has 156 valence electrons.